The third-order valence-electron chi connectivity index (χ3n) is 12.4. The lowest BCUT2D eigenvalue weighted by atomic mass is 9.85. The van der Waals surface area contributed by atoms with Gasteiger partial charge in [0.2, 0.25) is 0 Å². The SMILES string of the molecule is c1ccc(-c2oc3cc(-c4ccc5cc(-c6c7ccccc7c(-c7ccc(-c8ccc9ccccc9c8)cc7)c7ccccc67)ccc5c4)ccc3c2-c2ccccc2)cc1. The molecule has 0 aliphatic rings. The van der Waals surface area contributed by atoms with Crippen molar-refractivity contribution < 1.29 is 4.42 Å². The largest absolute Gasteiger partial charge is 0.455 e. The van der Waals surface area contributed by atoms with Gasteiger partial charge in [-0.25, -0.2) is 0 Å². The molecular formula is C60H38O. The van der Waals surface area contributed by atoms with Crippen LogP contribution in [0.1, 0.15) is 0 Å². The zero-order chi connectivity index (χ0) is 40.3. The van der Waals surface area contributed by atoms with Crippen molar-refractivity contribution in [3.8, 4) is 67.0 Å². The van der Waals surface area contributed by atoms with Crippen LogP contribution in [-0.2, 0) is 0 Å². The van der Waals surface area contributed by atoms with Crippen molar-refractivity contribution in [3.05, 3.63) is 231 Å². The van der Waals surface area contributed by atoms with E-state index in [-0.39, 0.29) is 0 Å². The minimum atomic E-state index is 0.883. The normalized spacial score (nSPS) is 11.6. The van der Waals surface area contributed by atoms with Crippen LogP contribution in [0.3, 0.4) is 0 Å². The first-order chi connectivity index (χ1) is 30.2. The van der Waals surface area contributed by atoms with Gasteiger partial charge in [0.05, 0.1) is 0 Å². The molecule has 12 aromatic rings. The molecule has 0 aliphatic heterocycles. The quantitative estimate of drug-likeness (QED) is 0.153. The topological polar surface area (TPSA) is 13.1 Å². The van der Waals surface area contributed by atoms with Gasteiger partial charge in [0.25, 0.3) is 0 Å². The number of furan rings is 1. The molecule has 0 saturated carbocycles. The molecule has 11 aromatic carbocycles. The van der Waals surface area contributed by atoms with Gasteiger partial charge >= 0.3 is 0 Å². The van der Waals surface area contributed by atoms with Crippen molar-refractivity contribution in [1.29, 1.82) is 0 Å². The van der Waals surface area contributed by atoms with Crippen LogP contribution in [0.4, 0.5) is 0 Å². The van der Waals surface area contributed by atoms with E-state index in [0.717, 1.165) is 44.5 Å². The molecule has 0 unspecified atom stereocenters. The average molecular weight is 775 g/mol. The number of hydrogen-bond donors (Lipinski definition) is 0. The minimum Gasteiger partial charge on any atom is -0.455 e. The Morgan fingerprint density at radius 1 is 0.213 bits per heavy atom. The van der Waals surface area contributed by atoms with Crippen LogP contribution in [0, 0.1) is 0 Å². The van der Waals surface area contributed by atoms with Crippen LogP contribution < -0.4 is 0 Å². The van der Waals surface area contributed by atoms with E-state index in [1.54, 1.807) is 0 Å². The smallest absolute Gasteiger partial charge is 0.143 e. The lowest BCUT2D eigenvalue weighted by Crippen LogP contribution is -1.91. The molecule has 1 heteroatoms. The first kappa shape index (κ1) is 35.0. The molecule has 0 radical (unpaired) electrons. The molecule has 61 heavy (non-hydrogen) atoms. The van der Waals surface area contributed by atoms with Crippen molar-refractivity contribution in [1.82, 2.24) is 0 Å². The fourth-order valence-electron chi connectivity index (χ4n) is 9.49. The number of rotatable bonds is 6. The summed E-state index contributed by atoms with van der Waals surface area (Å²) in [6.07, 6.45) is 0. The summed E-state index contributed by atoms with van der Waals surface area (Å²) in [5, 5.41) is 11.1. The van der Waals surface area contributed by atoms with E-state index >= 15 is 0 Å². The predicted octanol–water partition coefficient (Wildman–Crippen LogP) is 17.0. The highest BCUT2D eigenvalue weighted by Gasteiger charge is 2.20. The van der Waals surface area contributed by atoms with Crippen LogP contribution in [-0.4, -0.2) is 0 Å². The summed E-state index contributed by atoms with van der Waals surface area (Å²) in [7, 11) is 0. The summed E-state index contributed by atoms with van der Waals surface area (Å²) in [4.78, 5) is 0. The Bertz CT molecular complexity index is 3560. The molecule has 0 bridgehead atoms. The predicted molar refractivity (Wildman–Crippen MR) is 259 cm³/mol. The second-order valence-corrected chi connectivity index (χ2v) is 16.0. The first-order valence-electron chi connectivity index (χ1n) is 21.0. The van der Waals surface area contributed by atoms with E-state index in [9.17, 15) is 0 Å². The van der Waals surface area contributed by atoms with E-state index < -0.39 is 0 Å². The molecule has 12 rings (SSSR count). The van der Waals surface area contributed by atoms with Gasteiger partial charge in [-0.2, -0.15) is 0 Å². The molecule has 0 N–H and O–H groups in total. The molecule has 1 nitrogen and oxygen atoms in total. The summed E-state index contributed by atoms with van der Waals surface area (Å²) >= 11 is 0. The van der Waals surface area contributed by atoms with E-state index in [2.05, 4.69) is 224 Å². The molecule has 0 saturated heterocycles. The lowest BCUT2D eigenvalue weighted by Gasteiger charge is -2.18. The van der Waals surface area contributed by atoms with Crippen LogP contribution in [0.2, 0.25) is 0 Å². The monoisotopic (exact) mass is 774 g/mol. The highest BCUT2D eigenvalue weighted by molar-refractivity contribution is 6.22. The molecule has 0 atom stereocenters. The summed E-state index contributed by atoms with van der Waals surface area (Å²) in [6, 6.07) is 83.6. The Kier molecular flexibility index (Phi) is 8.25. The Hall–Kier alpha value is -8.00. The Morgan fingerprint density at radius 2 is 0.607 bits per heavy atom. The van der Waals surface area contributed by atoms with Crippen molar-refractivity contribution in [2.45, 2.75) is 0 Å². The van der Waals surface area contributed by atoms with Crippen LogP contribution >= 0.6 is 0 Å². The molecule has 0 aliphatic carbocycles. The van der Waals surface area contributed by atoms with E-state index in [4.69, 9.17) is 4.42 Å². The third-order valence-corrected chi connectivity index (χ3v) is 12.4. The van der Waals surface area contributed by atoms with Gasteiger partial charge in [0, 0.05) is 16.5 Å². The van der Waals surface area contributed by atoms with Gasteiger partial charge in [0.1, 0.15) is 11.3 Å². The molecule has 284 valence electrons. The summed E-state index contributed by atoms with van der Waals surface area (Å²) in [5.41, 5.74) is 13.9. The summed E-state index contributed by atoms with van der Waals surface area (Å²) < 4.78 is 6.70. The maximum atomic E-state index is 6.70. The molecule has 0 fully saturated rings. The van der Waals surface area contributed by atoms with Crippen LogP contribution in [0.25, 0.3) is 121 Å². The van der Waals surface area contributed by atoms with Crippen LogP contribution in [0.5, 0.6) is 0 Å². The van der Waals surface area contributed by atoms with Gasteiger partial charge in [-0.3, -0.25) is 0 Å². The molecule has 0 spiro atoms. The summed E-state index contributed by atoms with van der Waals surface area (Å²) in [5.74, 6) is 0.896. The minimum absolute atomic E-state index is 0.883. The van der Waals surface area contributed by atoms with Crippen molar-refractivity contribution in [3.63, 3.8) is 0 Å². The van der Waals surface area contributed by atoms with Gasteiger partial charge in [-0.05, 0) is 123 Å². The van der Waals surface area contributed by atoms with Gasteiger partial charge < -0.3 is 4.42 Å². The average Bonchev–Trinajstić information content (AvgIpc) is 3.72. The standard InChI is InChI=1S/C60H38O/c1-3-14-41(15-4-1)59-55-34-33-49(38-56(55)61-60(59)43-16-5-2-6-17-43)47-29-30-48-37-50(32-31-46(48)36-47)58-53-21-11-9-19-51(53)57(52-20-10-12-22-54(52)58)42-26-23-40(24-27-42)45-28-25-39-13-7-8-18-44(39)35-45/h1-38H. The number of fused-ring (bicyclic) bond motifs is 5. The van der Waals surface area contributed by atoms with E-state index in [1.807, 2.05) is 6.07 Å². The number of hydrogen-bond acceptors (Lipinski definition) is 1. The van der Waals surface area contributed by atoms with E-state index in [1.165, 1.54) is 76.5 Å². The Morgan fingerprint density at radius 3 is 1.25 bits per heavy atom. The number of benzene rings is 11. The highest BCUT2D eigenvalue weighted by Crippen LogP contribution is 2.46. The second kappa shape index (κ2) is 14.4. The molecular weight excluding hydrogens is 737 g/mol. The Labute approximate surface area is 354 Å². The maximum absolute atomic E-state index is 6.70. The summed E-state index contributed by atoms with van der Waals surface area (Å²) in [6.45, 7) is 0. The Balaban J connectivity index is 0.933. The van der Waals surface area contributed by atoms with Gasteiger partial charge in [0.15, 0.2) is 0 Å². The van der Waals surface area contributed by atoms with E-state index in [0.29, 0.717) is 0 Å². The van der Waals surface area contributed by atoms with Crippen LogP contribution in [0.15, 0.2) is 235 Å². The van der Waals surface area contributed by atoms with Crippen molar-refractivity contribution in [2.75, 3.05) is 0 Å². The van der Waals surface area contributed by atoms with Gasteiger partial charge in [-0.1, -0.05) is 200 Å². The van der Waals surface area contributed by atoms with Crippen molar-refractivity contribution >= 4 is 54.1 Å². The maximum Gasteiger partial charge on any atom is 0.143 e. The zero-order valence-electron chi connectivity index (χ0n) is 33.3. The first-order valence-corrected chi connectivity index (χ1v) is 21.0. The fraction of sp³-hybridized carbons (Fsp3) is 0. The highest BCUT2D eigenvalue weighted by atomic mass is 16.3. The molecule has 1 heterocycles. The molecule has 1 aromatic heterocycles. The second-order valence-electron chi connectivity index (χ2n) is 16.0. The third kappa shape index (κ3) is 6.02. The molecule has 0 amide bonds. The fourth-order valence-corrected chi connectivity index (χ4v) is 9.49. The van der Waals surface area contributed by atoms with Crippen molar-refractivity contribution in [2.24, 2.45) is 0 Å². The van der Waals surface area contributed by atoms with Gasteiger partial charge in [-0.15, -0.1) is 0 Å². The lowest BCUT2D eigenvalue weighted by molar-refractivity contribution is 0.632. The zero-order valence-corrected chi connectivity index (χ0v) is 33.3.